The monoisotopic (exact) mass is 353 g/mol. The molecule has 0 unspecified atom stereocenters. The van der Waals surface area contributed by atoms with Crippen LogP contribution in [0.5, 0.6) is 0 Å². The van der Waals surface area contributed by atoms with E-state index in [2.05, 4.69) is 10.3 Å². The van der Waals surface area contributed by atoms with Crippen molar-refractivity contribution in [3.05, 3.63) is 58.8 Å². The summed E-state index contributed by atoms with van der Waals surface area (Å²) in [6.07, 6.45) is 2.22. The van der Waals surface area contributed by atoms with Crippen LogP contribution in [-0.4, -0.2) is 39.3 Å². The van der Waals surface area contributed by atoms with E-state index in [1.165, 1.54) is 11.1 Å². The summed E-state index contributed by atoms with van der Waals surface area (Å²) in [5.41, 5.74) is 2.99. The number of anilines is 1. The number of pyridine rings is 1. The second kappa shape index (κ2) is 7.35. The van der Waals surface area contributed by atoms with Gasteiger partial charge >= 0.3 is 5.97 Å². The molecule has 0 bridgehead atoms. The molecule has 1 aliphatic heterocycles. The lowest BCUT2D eigenvalue weighted by Gasteiger charge is -2.22. The molecular formula is C19H19N3O4. The third kappa shape index (κ3) is 4.05. The van der Waals surface area contributed by atoms with Gasteiger partial charge in [0.25, 0.3) is 5.91 Å². The third-order valence-electron chi connectivity index (χ3n) is 4.16. The van der Waals surface area contributed by atoms with Crippen LogP contribution >= 0.6 is 0 Å². The van der Waals surface area contributed by atoms with Crippen LogP contribution in [0.4, 0.5) is 5.82 Å². The van der Waals surface area contributed by atoms with Crippen LogP contribution in [0.25, 0.3) is 0 Å². The van der Waals surface area contributed by atoms with Crippen LogP contribution in [0, 0.1) is 6.92 Å². The Balaban J connectivity index is 1.85. The Labute approximate surface area is 150 Å². The Kier molecular flexibility index (Phi) is 4.97. The van der Waals surface area contributed by atoms with Gasteiger partial charge in [-0.3, -0.25) is 14.4 Å². The number of nitrogens with zero attached hydrogens (tertiary/aromatic N) is 2. The first-order chi connectivity index (χ1) is 12.4. The molecular weight excluding hydrogens is 334 g/mol. The second-order valence-electron chi connectivity index (χ2n) is 6.32. The van der Waals surface area contributed by atoms with Gasteiger partial charge in [-0.15, -0.1) is 0 Å². The summed E-state index contributed by atoms with van der Waals surface area (Å²) in [7, 11) is 0. The number of carbonyl (C=O) groups excluding carboxylic acids is 2. The molecule has 3 rings (SSSR count). The lowest BCUT2D eigenvalue weighted by molar-refractivity contribution is -0.137. The van der Waals surface area contributed by atoms with Crippen molar-refractivity contribution in [3.63, 3.8) is 0 Å². The molecule has 26 heavy (non-hydrogen) atoms. The fraction of sp³-hybridized carbons (Fsp3) is 0.263. The maximum atomic E-state index is 12.9. The van der Waals surface area contributed by atoms with Gasteiger partial charge in [0.1, 0.15) is 12.4 Å². The van der Waals surface area contributed by atoms with Crippen LogP contribution in [0.1, 0.15) is 33.5 Å². The van der Waals surface area contributed by atoms with E-state index in [1.54, 1.807) is 6.07 Å². The van der Waals surface area contributed by atoms with Crippen LogP contribution in [0.15, 0.2) is 36.5 Å². The number of nitrogens with one attached hydrogen (secondary N) is 1. The van der Waals surface area contributed by atoms with Crippen LogP contribution in [-0.2, 0) is 22.6 Å². The van der Waals surface area contributed by atoms with E-state index in [9.17, 15) is 19.5 Å². The summed E-state index contributed by atoms with van der Waals surface area (Å²) in [6.45, 7) is 1.73. The molecule has 0 saturated carbocycles. The fourth-order valence-corrected chi connectivity index (χ4v) is 2.95. The Morgan fingerprint density at radius 1 is 1.27 bits per heavy atom. The Morgan fingerprint density at radius 3 is 2.81 bits per heavy atom. The molecule has 1 aliphatic rings. The van der Waals surface area contributed by atoms with Gasteiger partial charge in [0.2, 0.25) is 5.91 Å². The molecule has 0 atom stereocenters. The highest BCUT2D eigenvalue weighted by Gasteiger charge is 2.22. The molecule has 1 aromatic carbocycles. The number of aryl methyl sites for hydroxylation is 2. The molecule has 2 N–H and O–H groups in total. The van der Waals surface area contributed by atoms with Crippen LogP contribution < -0.4 is 5.32 Å². The van der Waals surface area contributed by atoms with E-state index in [4.69, 9.17) is 0 Å². The van der Waals surface area contributed by atoms with Gasteiger partial charge in [0.15, 0.2) is 0 Å². The van der Waals surface area contributed by atoms with E-state index in [0.717, 1.165) is 16.7 Å². The molecule has 7 nitrogen and oxygen atoms in total. The van der Waals surface area contributed by atoms with Gasteiger partial charge in [-0.2, -0.15) is 0 Å². The average molecular weight is 353 g/mol. The summed E-state index contributed by atoms with van der Waals surface area (Å²) >= 11 is 0. The summed E-state index contributed by atoms with van der Waals surface area (Å²) < 4.78 is 0. The van der Waals surface area contributed by atoms with Gasteiger partial charge in [-0.25, -0.2) is 4.98 Å². The predicted octanol–water partition coefficient (Wildman–Crippen LogP) is 2.00. The van der Waals surface area contributed by atoms with Crippen molar-refractivity contribution < 1.29 is 19.5 Å². The first-order valence-corrected chi connectivity index (χ1v) is 8.28. The molecule has 2 amide bonds. The largest absolute Gasteiger partial charge is 0.480 e. The molecule has 0 spiro atoms. The smallest absolute Gasteiger partial charge is 0.323 e. The van der Waals surface area contributed by atoms with Gasteiger partial charge in [-0.1, -0.05) is 29.8 Å². The molecule has 0 saturated heterocycles. The first kappa shape index (κ1) is 17.6. The van der Waals surface area contributed by atoms with Gasteiger partial charge in [0, 0.05) is 19.2 Å². The predicted molar refractivity (Wildman–Crippen MR) is 94.7 cm³/mol. The maximum absolute atomic E-state index is 12.9. The zero-order chi connectivity index (χ0) is 18.7. The van der Waals surface area contributed by atoms with Crippen LogP contribution in [0.3, 0.4) is 0 Å². The second-order valence-corrected chi connectivity index (χ2v) is 6.32. The molecule has 1 aromatic heterocycles. The first-order valence-electron chi connectivity index (χ1n) is 8.28. The highest BCUT2D eigenvalue weighted by atomic mass is 16.4. The molecule has 2 aromatic rings. The van der Waals surface area contributed by atoms with Gasteiger partial charge in [-0.05, 0) is 30.5 Å². The van der Waals surface area contributed by atoms with E-state index in [-0.39, 0.29) is 12.5 Å². The number of rotatable bonds is 5. The molecule has 7 heteroatoms. The highest BCUT2D eigenvalue weighted by Crippen LogP contribution is 2.22. The summed E-state index contributed by atoms with van der Waals surface area (Å²) in [6, 6.07) is 9.26. The van der Waals surface area contributed by atoms with Crippen molar-refractivity contribution in [1.29, 1.82) is 0 Å². The number of hydrogen-bond acceptors (Lipinski definition) is 4. The minimum Gasteiger partial charge on any atom is -0.480 e. The lowest BCUT2D eigenvalue weighted by Crippen LogP contribution is -2.35. The number of carboxylic acid groups (broad SMARTS) is 1. The van der Waals surface area contributed by atoms with E-state index < -0.39 is 18.4 Å². The minimum absolute atomic E-state index is 0.101. The Bertz CT molecular complexity index is 879. The SMILES string of the molecule is Cc1cccc(CN(CC(=O)O)C(=O)c2cnc3c(c2)CCC(=O)N3)c1. The quantitative estimate of drug-likeness (QED) is 0.856. The van der Waals surface area contributed by atoms with Crippen molar-refractivity contribution in [2.45, 2.75) is 26.3 Å². The van der Waals surface area contributed by atoms with Crippen LogP contribution in [0.2, 0.25) is 0 Å². The van der Waals surface area contributed by atoms with Crippen molar-refractivity contribution in [2.24, 2.45) is 0 Å². The van der Waals surface area contributed by atoms with E-state index in [0.29, 0.717) is 24.2 Å². The van der Waals surface area contributed by atoms with Gasteiger partial charge < -0.3 is 15.3 Å². The summed E-state index contributed by atoms with van der Waals surface area (Å²) in [4.78, 5) is 40.9. The molecule has 2 heterocycles. The lowest BCUT2D eigenvalue weighted by atomic mass is 10.0. The normalized spacial score (nSPS) is 12.9. The van der Waals surface area contributed by atoms with E-state index >= 15 is 0 Å². The number of aromatic nitrogens is 1. The number of amides is 2. The summed E-state index contributed by atoms with van der Waals surface area (Å²) in [5.74, 6) is -1.12. The fourth-order valence-electron chi connectivity index (χ4n) is 2.95. The topological polar surface area (TPSA) is 99.6 Å². The zero-order valence-corrected chi connectivity index (χ0v) is 14.4. The van der Waals surface area contributed by atoms with Gasteiger partial charge in [0.05, 0.1) is 5.56 Å². The van der Waals surface area contributed by atoms with Crippen molar-refractivity contribution in [2.75, 3.05) is 11.9 Å². The van der Waals surface area contributed by atoms with Crippen molar-refractivity contribution in [3.8, 4) is 0 Å². The zero-order valence-electron chi connectivity index (χ0n) is 14.4. The standard InChI is InChI=1S/C19H19N3O4/c1-12-3-2-4-13(7-12)10-22(11-17(24)25)19(26)15-8-14-5-6-16(23)21-18(14)20-9-15/h2-4,7-9H,5-6,10-11H2,1H3,(H,24,25)(H,20,21,23). The highest BCUT2D eigenvalue weighted by molar-refractivity contribution is 5.97. The van der Waals surface area contributed by atoms with Crippen molar-refractivity contribution >= 4 is 23.6 Å². The number of carbonyl (C=O) groups is 3. The molecule has 0 radical (unpaired) electrons. The number of benzene rings is 1. The Morgan fingerprint density at radius 2 is 2.08 bits per heavy atom. The number of aliphatic carboxylic acids is 1. The van der Waals surface area contributed by atoms with E-state index in [1.807, 2.05) is 31.2 Å². The average Bonchev–Trinajstić information content (AvgIpc) is 2.59. The Hall–Kier alpha value is -3.22. The minimum atomic E-state index is -1.08. The summed E-state index contributed by atoms with van der Waals surface area (Å²) in [5, 5.41) is 11.8. The number of carboxylic acids is 1. The molecule has 134 valence electrons. The molecule has 0 fully saturated rings. The third-order valence-corrected chi connectivity index (χ3v) is 4.16. The maximum Gasteiger partial charge on any atom is 0.323 e. The van der Waals surface area contributed by atoms with Crippen molar-refractivity contribution in [1.82, 2.24) is 9.88 Å². The number of fused-ring (bicyclic) bond motifs is 1. The molecule has 0 aliphatic carbocycles. The number of hydrogen-bond donors (Lipinski definition) is 2.